The zero-order chi connectivity index (χ0) is 12.4. The maximum absolute atomic E-state index is 12.0. The minimum Gasteiger partial charge on any atom is -0.384 e. The molecule has 18 heavy (non-hydrogen) atoms. The van der Waals surface area contributed by atoms with Crippen molar-refractivity contribution in [1.29, 1.82) is 0 Å². The standard InChI is InChI=1S/C13H12N4O/c18-13(17-11-6-14-8-15-7-11)10-1-2-12-9(5-10)3-4-16-12/h1-2,5-8,16H,3-4H2,(H,17,18). The lowest BCUT2D eigenvalue weighted by Crippen LogP contribution is -2.12. The number of carbonyl (C=O) groups is 1. The lowest BCUT2D eigenvalue weighted by Gasteiger charge is -2.06. The molecule has 1 aliphatic heterocycles. The van der Waals surface area contributed by atoms with Crippen molar-refractivity contribution in [1.82, 2.24) is 9.97 Å². The highest BCUT2D eigenvalue weighted by atomic mass is 16.1. The van der Waals surface area contributed by atoms with Crippen LogP contribution in [0.2, 0.25) is 0 Å². The maximum Gasteiger partial charge on any atom is 0.255 e. The van der Waals surface area contributed by atoms with Gasteiger partial charge in [0.15, 0.2) is 0 Å². The molecule has 2 heterocycles. The number of benzene rings is 1. The minimum atomic E-state index is -0.139. The Hall–Kier alpha value is -2.43. The Morgan fingerprint density at radius 2 is 2.11 bits per heavy atom. The van der Waals surface area contributed by atoms with Gasteiger partial charge in [-0.15, -0.1) is 0 Å². The zero-order valence-corrected chi connectivity index (χ0v) is 9.68. The average molecular weight is 240 g/mol. The molecule has 1 aliphatic rings. The molecule has 0 atom stereocenters. The van der Waals surface area contributed by atoms with Crippen molar-refractivity contribution >= 4 is 17.3 Å². The van der Waals surface area contributed by atoms with Crippen LogP contribution >= 0.6 is 0 Å². The number of hydrogen-bond donors (Lipinski definition) is 2. The average Bonchev–Trinajstić information content (AvgIpc) is 2.87. The summed E-state index contributed by atoms with van der Waals surface area (Å²) in [4.78, 5) is 19.7. The molecule has 0 aliphatic carbocycles. The van der Waals surface area contributed by atoms with Gasteiger partial charge in [-0.25, -0.2) is 9.97 Å². The van der Waals surface area contributed by atoms with Gasteiger partial charge in [0.1, 0.15) is 6.33 Å². The van der Waals surface area contributed by atoms with E-state index in [0.717, 1.165) is 18.7 Å². The number of carbonyl (C=O) groups excluding carboxylic acids is 1. The van der Waals surface area contributed by atoms with Gasteiger partial charge in [0.25, 0.3) is 5.91 Å². The number of aromatic nitrogens is 2. The predicted molar refractivity (Wildman–Crippen MR) is 68.6 cm³/mol. The van der Waals surface area contributed by atoms with E-state index >= 15 is 0 Å². The first-order chi connectivity index (χ1) is 8.83. The highest BCUT2D eigenvalue weighted by Crippen LogP contribution is 2.23. The number of fused-ring (bicyclic) bond motifs is 1. The number of anilines is 2. The fourth-order valence-corrected chi connectivity index (χ4v) is 2.01. The summed E-state index contributed by atoms with van der Waals surface area (Å²) >= 11 is 0. The monoisotopic (exact) mass is 240 g/mol. The van der Waals surface area contributed by atoms with Crippen LogP contribution in [0.5, 0.6) is 0 Å². The van der Waals surface area contributed by atoms with Crippen LogP contribution in [0.25, 0.3) is 0 Å². The molecule has 0 fully saturated rings. The van der Waals surface area contributed by atoms with E-state index in [9.17, 15) is 4.79 Å². The SMILES string of the molecule is O=C(Nc1cncnc1)c1ccc2c(c1)CCN2. The van der Waals surface area contributed by atoms with Gasteiger partial charge in [0, 0.05) is 17.8 Å². The first-order valence-corrected chi connectivity index (χ1v) is 5.76. The summed E-state index contributed by atoms with van der Waals surface area (Å²) in [5, 5.41) is 6.03. The van der Waals surface area contributed by atoms with Crippen molar-refractivity contribution in [2.75, 3.05) is 17.2 Å². The van der Waals surface area contributed by atoms with Gasteiger partial charge in [-0.05, 0) is 30.2 Å². The Morgan fingerprint density at radius 1 is 1.28 bits per heavy atom. The normalized spacial score (nSPS) is 12.7. The van der Waals surface area contributed by atoms with Crippen molar-refractivity contribution in [3.63, 3.8) is 0 Å². The smallest absolute Gasteiger partial charge is 0.255 e. The third-order valence-electron chi connectivity index (χ3n) is 2.90. The van der Waals surface area contributed by atoms with E-state index in [4.69, 9.17) is 0 Å². The molecule has 1 aromatic heterocycles. The molecule has 2 N–H and O–H groups in total. The first-order valence-electron chi connectivity index (χ1n) is 5.76. The number of nitrogens with one attached hydrogen (secondary N) is 2. The van der Waals surface area contributed by atoms with E-state index in [-0.39, 0.29) is 5.91 Å². The highest BCUT2D eigenvalue weighted by Gasteiger charge is 2.13. The fraction of sp³-hybridized carbons (Fsp3) is 0.154. The Labute approximate surface area is 104 Å². The maximum atomic E-state index is 12.0. The quantitative estimate of drug-likeness (QED) is 0.838. The van der Waals surface area contributed by atoms with Crippen molar-refractivity contribution < 1.29 is 4.79 Å². The van der Waals surface area contributed by atoms with E-state index in [1.165, 1.54) is 11.9 Å². The molecule has 0 radical (unpaired) electrons. The van der Waals surface area contributed by atoms with Crippen LogP contribution in [-0.4, -0.2) is 22.4 Å². The molecular weight excluding hydrogens is 228 g/mol. The van der Waals surface area contributed by atoms with Gasteiger partial charge in [-0.2, -0.15) is 0 Å². The van der Waals surface area contributed by atoms with Crippen molar-refractivity contribution in [3.05, 3.63) is 48.0 Å². The molecule has 0 saturated carbocycles. The summed E-state index contributed by atoms with van der Waals surface area (Å²) < 4.78 is 0. The van der Waals surface area contributed by atoms with Gasteiger partial charge >= 0.3 is 0 Å². The van der Waals surface area contributed by atoms with Crippen molar-refractivity contribution in [3.8, 4) is 0 Å². The van der Waals surface area contributed by atoms with Crippen LogP contribution in [-0.2, 0) is 6.42 Å². The molecule has 0 saturated heterocycles. The zero-order valence-electron chi connectivity index (χ0n) is 9.68. The summed E-state index contributed by atoms with van der Waals surface area (Å²) in [7, 11) is 0. The van der Waals surface area contributed by atoms with Crippen LogP contribution in [0.4, 0.5) is 11.4 Å². The van der Waals surface area contributed by atoms with Gasteiger partial charge < -0.3 is 10.6 Å². The van der Waals surface area contributed by atoms with Gasteiger partial charge in [0.05, 0.1) is 18.1 Å². The number of rotatable bonds is 2. The highest BCUT2D eigenvalue weighted by molar-refractivity contribution is 6.04. The van der Waals surface area contributed by atoms with E-state index in [2.05, 4.69) is 20.6 Å². The van der Waals surface area contributed by atoms with E-state index in [0.29, 0.717) is 11.3 Å². The Balaban J connectivity index is 1.81. The van der Waals surface area contributed by atoms with Crippen LogP contribution in [0, 0.1) is 0 Å². The molecule has 90 valence electrons. The van der Waals surface area contributed by atoms with Crippen molar-refractivity contribution in [2.24, 2.45) is 0 Å². The largest absolute Gasteiger partial charge is 0.384 e. The molecule has 5 heteroatoms. The molecule has 0 bridgehead atoms. The molecule has 0 unspecified atom stereocenters. The second-order valence-electron chi connectivity index (χ2n) is 4.13. The first kappa shape index (κ1) is 10.7. The number of nitrogens with zero attached hydrogens (tertiary/aromatic N) is 2. The third kappa shape index (κ3) is 2.02. The molecule has 1 aromatic carbocycles. The Morgan fingerprint density at radius 3 is 2.94 bits per heavy atom. The Kier molecular flexibility index (Phi) is 2.64. The van der Waals surface area contributed by atoms with Gasteiger partial charge in [0.2, 0.25) is 0 Å². The van der Waals surface area contributed by atoms with Crippen LogP contribution in [0.15, 0.2) is 36.9 Å². The van der Waals surface area contributed by atoms with Gasteiger partial charge in [-0.1, -0.05) is 0 Å². The van der Waals surface area contributed by atoms with E-state index in [1.54, 1.807) is 12.4 Å². The Bertz CT molecular complexity index is 583. The molecule has 2 aromatic rings. The molecular formula is C13H12N4O. The summed E-state index contributed by atoms with van der Waals surface area (Å²) in [6.07, 6.45) is 5.53. The lowest BCUT2D eigenvalue weighted by molar-refractivity contribution is 0.102. The third-order valence-corrected chi connectivity index (χ3v) is 2.90. The van der Waals surface area contributed by atoms with Crippen LogP contribution in [0.3, 0.4) is 0 Å². The van der Waals surface area contributed by atoms with E-state index in [1.807, 2.05) is 18.2 Å². The molecule has 5 nitrogen and oxygen atoms in total. The summed E-state index contributed by atoms with van der Waals surface area (Å²) in [5.41, 5.74) is 3.56. The second kappa shape index (κ2) is 4.44. The summed E-state index contributed by atoms with van der Waals surface area (Å²) in [6.45, 7) is 0.937. The second-order valence-corrected chi connectivity index (χ2v) is 4.13. The predicted octanol–water partition coefficient (Wildman–Crippen LogP) is 1.70. The van der Waals surface area contributed by atoms with E-state index < -0.39 is 0 Å². The minimum absolute atomic E-state index is 0.139. The van der Waals surface area contributed by atoms with Crippen LogP contribution in [0.1, 0.15) is 15.9 Å². The topological polar surface area (TPSA) is 66.9 Å². The molecule has 3 rings (SSSR count). The number of amides is 1. The van der Waals surface area contributed by atoms with Crippen molar-refractivity contribution in [2.45, 2.75) is 6.42 Å². The summed E-state index contributed by atoms with van der Waals surface area (Å²) in [5.74, 6) is -0.139. The molecule has 0 spiro atoms. The molecule has 1 amide bonds. The fourth-order valence-electron chi connectivity index (χ4n) is 2.01. The lowest BCUT2D eigenvalue weighted by atomic mass is 10.1. The number of hydrogen-bond acceptors (Lipinski definition) is 4. The van der Waals surface area contributed by atoms with Crippen LogP contribution < -0.4 is 10.6 Å². The van der Waals surface area contributed by atoms with Gasteiger partial charge in [-0.3, -0.25) is 4.79 Å². The summed E-state index contributed by atoms with van der Waals surface area (Å²) in [6, 6.07) is 5.68.